The van der Waals surface area contributed by atoms with Gasteiger partial charge >= 0.3 is 0 Å². The number of ether oxygens (including phenoxy) is 1. The van der Waals surface area contributed by atoms with E-state index in [4.69, 9.17) is 27.9 Å². The highest BCUT2D eigenvalue weighted by Gasteiger charge is 2.24. The second-order valence-corrected chi connectivity index (χ2v) is 5.31. The fraction of sp³-hybridized carbons (Fsp3) is 0.538. The number of halogens is 2. The summed E-state index contributed by atoms with van der Waals surface area (Å²) >= 11 is 12.1. The number of hydrogen-bond donors (Lipinski definition) is 2. The highest BCUT2D eigenvalue weighted by molar-refractivity contribution is 6.35. The highest BCUT2D eigenvalue weighted by Crippen LogP contribution is 2.39. The number of nitrogens with one attached hydrogen (secondary N) is 1. The van der Waals surface area contributed by atoms with E-state index in [1.807, 2.05) is 13.0 Å². The average molecular weight is 290 g/mol. The van der Waals surface area contributed by atoms with Crippen LogP contribution in [0.4, 0.5) is 0 Å². The zero-order valence-corrected chi connectivity index (χ0v) is 11.8. The maximum atomic E-state index is 9.60. The van der Waals surface area contributed by atoms with Crippen molar-refractivity contribution in [3.63, 3.8) is 0 Å². The summed E-state index contributed by atoms with van der Waals surface area (Å²) in [6, 6.07) is 3.69. The molecule has 100 valence electrons. The fourth-order valence-corrected chi connectivity index (χ4v) is 2.62. The standard InChI is InChI=1S/C13H17Cl2NO2/c1-2-9(17)7-16-12-3-4-18-13-10(12)5-8(14)6-11(13)15/h5-6,9,12,16-17H,2-4,7H2,1H3. The summed E-state index contributed by atoms with van der Waals surface area (Å²) in [5.74, 6) is 0.704. The Morgan fingerprint density at radius 2 is 2.28 bits per heavy atom. The lowest BCUT2D eigenvalue weighted by molar-refractivity contribution is 0.156. The van der Waals surface area contributed by atoms with E-state index >= 15 is 0 Å². The average Bonchev–Trinajstić information content (AvgIpc) is 2.36. The molecule has 0 aliphatic carbocycles. The zero-order chi connectivity index (χ0) is 13.1. The van der Waals surface area contributed by atoms with Crippen molar-refractivity contribution in [2.75, 3.05) is 13.2 Å². The third-order valence-corrected chi connectivity index (χ3v) is 3.64. The lowest BCUT2D eigenvalue weighted by Crippen LogP contribution is -2.33. The Hall–Kier alpha value is -0.480. The summed E-state index contributed by atoms with van der Waals surface area (Å²) in [5.41, 5.74) is 0.974. The Kier molecular flexibility index (Phi) is 4.73. The van der Waals surface area contributed by atoms with Crippen molar-refractivity contribution in [2.45, 2.75) is 31.9 Å². The van der Waals surface area contributed by atoms with E-state index in [0.29, 0.717) is 28.9 Å². The number of hydrogen-bond acceptors (Lipinski definition) is 3. The van der Waals surface area contributed by atoms with Crippen LogP contribution in [0.3, 0.4) is 0 Å². The van der Waals surface area contributed by atoms with Gasteiger partial charge in [0.2, 0.25) is 0 Å². The number of aliphatic hydroxyl groups excluding tert-OH is 1. The quantitative estimate of drug-likeness (QED) is 0.895. The molecular weight excluding hydrogens is 273 g/mol. The molecule has 1 aliphatic heterocycles. The second kappa shape index (κ2) is 6.11. The molecule has 18 heavy (non-hydrogen) atoms. The van der Waals surface area contributed by atoms with E-state index in [9.17, 15) is 5.11 Å². The molecule has 0 radical (unpaired) electrons. The van der Waals surface area contributed by atoms with Crippen molar-refractivity contribution < 1.29 is 9.84 Å². The largest absolute Gasteiger partial charge is 0.492 e. The van der Waals surface area contributed by atoms with Crippen molar-refractivity contribution >= 4 is 23.2 Å². The molecule has 1 heterocycles. The van der Waals surface area contributed by atoms with E-state index in [1.165, 1.54) is 0 Å². The van der Waals surface area contributed by atoms with Gasteiger partial charge in [0.05, 0.1) is 17.7 Å². The van der Waals surface area contributed by atoms with Gasteiger partial charge < -0.3 is 15.2 Å². The van der Waals surface area contributed by atoms with E-state index in [1.54, 1.807) is 6.07 Å². The summed E-state index contributed by atoms with van der Waals surface area (Å²) in [5, 5.41) is 14.1. The SMILES string of the molecule is CCC(O)CNC1CCOc2c(Cl)cc(Cl)cc21. The number of fused-ring (bicyclic) bond motifs is 1. The molecule has 0 fully saturated rings. The first-order valence-electron chi connectivity index (χ1n) is 6.15. The van der Waals surface area contributed by atoms with E-state index < -0.39 is 0 Å². The molecule has 2 rings (SSSR count). The van der Waals surface area contributed by atoms with Crippen LogP contribution in [0.2, 0.25) is 10.0 Å². The highest BCUT2D eigenvalue weighted by atomic mass is 35.5. The summed E-state index contributed by atoms with van der Waals surface area (Å²) < 4.78 is 5.58. The lowest BCUT2D eigenvalue weighted by Gasteiger charge is -2.28. The normalized spacial score (nSPS) is 20.1. The van der Waals surface area contributed by atoms with Gasteiger partial charge in [-0.1, -0.05) is 30.1 Å². The first-order chi connectivity index (χ1) is 8.61. The van der Waals surface area contributed by atoms with Crippen LogP contribution in [0.5, 0.6) is 5.75 Å². The topological polar surface area (TPSA) is 41.5 Å². The minimum atomic E-state index is -0.328. The van der Waals surface area contributed by atoms with Gasteiger partial charge in [-0.3, -0.25) is 0 Å². The molecular formula is C13H17Cl2NO2. The van der Waals surface area contributed by atoms with Crippen LogP contribution in [-0.2, 0) is 0 Å². The van der Waals surface area contributed by atoms with Crippen LogP contribution in [0.15, 0.2) is 12.1 Å². The van der Waals surface area contributed by atoms with Crippen molar-refractivity contribution in [2.24, 2.45) is 0 Å². The summed E-state index contributed by atoms with van der Waals surface area (Å²) in [6.07, 6.45) is 1.25. The number of rotatable bonds is 4. The third-order valence-electron chi connectivity index (χ3n) is 3.14. The summed E-state index contributed by atoms with van der Waals surface area (Å²) in [6.45, 7) is 3.14. The summed E-state index contributed by atoms with van der Waals surface area (Å²) in [7, 11) is 0. The fourth-order valence-electron chi connectivity index (χ4n) is 2.06. The molecule has 0 saturated carbocycles. The molecule has 0 saturated heterocycles. The van der Waals surface area contributed by atoms with Crippen LogP contribution in [0.25, 0.3) is 0 Å². The van der Waals surface area contributed by atoms with Crippen molar-refractivity contribution in [1.82, 2.24) is 5.32 Å². The monoisotopic (exact) mass is 289 g/mol. The van der Waals surface area contributed by atoms with Gasteiger partial charge in [0.1, 0.15) is 5.75 Å². The van der Waals surface area contributed by atoms with Crippen molar-refractivity contribution in [3.05, 3.63) is 27.7 Å². The Balaban J connectivity index is 2.17. The molecule has 2 atom stereocenters. The Bertz CT molecular complexity index is 426. The minimum Gasteiger partial charge on any atom is -0.492 e. The van der Waals surface area contributed by atoms with Gasteiger partial charge in [0.25, 0.3) is 0 Å². The molecule has 1 aromatic carbocycles. The van der Waals surface area contributed by atoms with Crippen LogP contribution in [0.1, 0.15) is 31.4 Å². The van der Waals surface area contributed by atoms with Gasteiger partial charge in [-0.15, -0.1) is 0 Å². The van der Waals surface area contributed by atoms with Gasteiger partial charge in [0, 0.05) is 29.6 Å². The molecule has 2 unspecified atom stereocenters. The molecule has 2 N–H and O–H groups in total. The van der Waals surface area contributed by atoms with E-state index in [-0.39, 0.29) is 12.1 Å². The Labute approximate surface area is 117 Å². The third kappa shape index (κ3) is 3.09. The van der Waals surface area contributed by atoms with Crippen molar-refractivity contribution in [3.8, 4) is 5.75 Å². The first-order valence-corrected chi connectivity index (χ1v) is 6.90. The molecule has 3 nitrogen and oxygen atoms in total. The van der Waals surface area contributed by atoms with Crippen LogP contribution in [0, 0.1) is 0 Å². The smallest absolute Gasteiger partial charge is 0.142 e. The molecule has 5 heteroatoms. The van der Waals surface area contributed by atoms with Crippen LogP contribution < -0.4 is 10.1 Å². The van der Waals surface area contributed by atoms with E-state index in [0.717, 1.165) is 18.4 Å². The molecule has 1 aliphatic rings. The Morgan fingerprint density at radius 1 is 1.50 bits per heavy atom. The molecule has 0 spiro atoms. The van der Waals surface area contributed by atoms with Gasteiger partial charge in [0.15, 0.2) is 0 Å². The lowest BCUT2D eigenvalue weighted by atomic mass is 10.00. The minimum absolute atomic E-state index is 0.131. The van der Waals surface area contributed by atoms with Gasteiger partial charge in [-0.2, -0.15) is 0 Å². The second-order valence-electron chi connectivity index (χ2n) is 4.47. The maximum absolute atomic E-state index is 9.60. The Morgan fingerprint density at radius 3 is 3.00 bits per heavy atom. The van der Waals surface area contributed by atoms with Gasteiger partial charge in [-0.05, 0) is 18.6 Å². The predicted molar refractivity (Wildman–Crippen MR) is 73.6 cm³/mol. The van der Waals surface area contributed by atoms with Crippen LogP contribution in [-0.4, -0.2) is 24.4 Å². The number of benzene rings is 1. The predicted octanol–water partition coefficient (Wildman–Crippen LogP) is 3.18. The van der Waals surface area contributed by atoms with Gasteiger partial charge in [-0.25, -0.2) is 0 Å². The molecule has 0 aromatic heterocycles. The molecule has 0 bridgehead atoms. The van der Waals surface area contributed by atoms with Crippen LogP contribution >= 0.6 is 23.2 Å². The summed E-state index contributed by atoms with van der Waals surface area (Å²) in [4.78, 5) is 0. The van der Waals surface area contributed by atoms with E-state index in [2.05, 4.69) is 5.32 Å². The first kappa shape index (κ1) is 13.9. The zero-order valence-electron chi connectivity index (χ0n) is 10.2. The maximum Gasteiger partial charge on any atom is 0.142 e. The molecule has 1 aromatic rings. The number of aliphatic hydroxyl groups is 1. The van der Waals surface area contributed by atoms with Crippen molar-refractivity contribution in [1.29, 1.82) is 0 Å². The molecule has 0 amide bonds.